The molecule has 2 saturated heterocycles. The number of likely N-dealkylation sites (tertiary alicyclic amines) is 1. The van der Waals surface area contributed by atoms with Gasteiger partial charge >= 0.3 is 0 Å². The Kier molecular flexibility index (Phi) is 5.85. The standard InChI is InChI=1S/C11H19N5.2ClH/c1-2-10-13-11(15-14-10)7-16-5-8-3-4-12-9(8)6-16;;/h8-9,12H,2-7H2,1H3,(H,13,14,15);2*1H/t8-,9+;;/m0../s1. The highest BCUT2D eigenvalue weighted by Crippen LogP contribution is 2.25. The Hall–Kier alpha value is -0.360. The van der Waals surface area contributed by atoms with Gasteiger partial charge in [0.15, 0.2) is 0 Å². The Balaban J connectivity index is 0.000000810. The minimum absolute atomic E-state index is 0. The highest BCUT2D eigenvalue weighted by Gasteiger charge is 2.35. The molecule has 0 aliphatic carbocycles. The van der Waals surface area contributed by atoms with Crippen molar-refractivity contribution in [2.45, 2.75) is 32.4 Å². The number of hydrogen-bond donors (Lipinski definition) is 2. The van der Waals surface area contributed by atoms with Crippen molar-refractivity contribution in [1.82, 2.24) is 25.4 Å². The van der Waals surface area contributed by atoms with Crippen molar-refractivity contribution in [3.63, 3.8) is 0 Å². The van der Waals surface area contributed by atoms with Gasteiger partial charge in [-0.1, -0.05) is 6.92 Å². The summed E-state index contributed by atoms with van der Waals surface area (Å²) >= 11 is 0. The fourth-order valence-electron chi connectivity index (χ4n) is 2.84. The lowest BCUT2D eigenvalue weighted by Crippen LogP contribution is -2.30. The molecule has 0 saturated carbocycles. The van der Waals surface area contributed by atoms with Gasteiger partial charge in [0, 0.05) is 25.6 Å². The Bertz CT molecular complexity index is 358. The average Bonchev–Trinajstić information content (AvgIpc) is 2.92. The van der Waals surface area contributed by atoms with Crippen LogP contribution >= 0.6 is 24.8 Å². The second-order valence-electron chi connectivity index (χ2n) is 4.86. The SMILES string of the molecule is CCc1n[nH]c(CN2C[C@@H]3CCN[C@@H]3C2)n1.Cl.Cl. The third kappa shape index (κ3) is 3.15. The zero-order valence-corrected chi connectivity index (χ0v) is 12.2. The van der Waals surface area contributed by atoms with Crippen molar-refractivity contribution in [3.05, 3.63) is 11.6 Å². The predicted molar refractivity (Wildman–Crippen MR) is 75.4 cm³/mol. The first-order valence-electron chi connectivity index (χ1n) is 6.21. The predicted octanol–water partition coefficient (Wildman–Crippen LogP) is 1.00. The van der Waals surface area contributed by atoms with Crippen molar-refractivity contribution in [3.8, 4) is 0 Å². The molecule has 0 aromatic carbocycles. The molecule has 2 aliphatic rings. The molecule has 3 heterocycles. The van der Waals surface area contributed by atoms with Gasteiger partial charge in [-0.25, -0.2) is 4.98 Å². The number of nitrogens with zero attached hydrogens (tertiary/aromatic N) is 3. The van der Waals surface area contributed by atoms with Gasteiger partial charge in [0.1, 0.15) is 11.6 Å². The number of rotatable bonds is 3. The Morgan fingerprint density at radius 3 is 2.83 bits per heavy atom. The van der Waals surface area contributed by atoms with Crippen molar-refractivity contribution in [2.24, 2.45) is 5.92 Å². The summed E-state index contributed by atoms with van der Waals surface area (Å²) in [6.07, 6.45) is 2.24. The number of aromatic amines is 1. The minimum Gasteiger partial charge on any atom is -0.312 e. The third-order valence-electron chi connectivity index (χ3n) is 3.71. The monoisotopic (exact) mass is 293 g/mol. The van der Waals surface area contributed by atoms with Crippen LogP contribution in [0, 0.1) is 5.92 Å². The quantitative estimate of drug-likeness (QED) is 0.873. The zero-order valence-electron chi connectivity index (χ0n) is 10.6. The van der Waals surface area contributed by atoms with Crippen LogP contribution in [0.4, 0.5) is 0 Å². The zero-order chi connectivity index (χ0) is 11.0. The molecule has 1 aromatic rings. The van der Waals surface area contributed by atoms with E-state index in [9.17, 15) is 0 Å². The summed E-state index contributed by atoms with van der Waals surface area (Å²) in [7, 11) is 0. The van der Waals surface area contributed by atoms with E-state index in [-0.39, 0.29) is 24.8 Å². The van der Waals surface area contributed by atoms with E-state index in [1.807, 2.05) is 0 Å². The van der Waals surface area contributed by atoms with Crippen LogP contribution in [0.15, 0.2) is 0 Å². The topological polar surface area (TPSA) is 56.8 Å². The molecule has 0 radical (unpaired) electrons. The van der Waals surface area contributed by atoms with Gasteiger partial charge in [-0.3, -0.25) is 10.00 Å². The van der Waals surface area contributed by atoms with Crippen LogP contribution in [-0.2, 0) is 13.0 Å². The van der Waals surface area contributed by atoms with Crippen LogP contribution < -0.4 is 5.32 Å². The molecule has 0 amide bonds. The number of halogens is 2. The fraction of sp³-hybridized carbons (Fsp3) is 0.818. The van der Waals surface area contributed by atoms with Crippen molar-refractivity contribution >= 4 is 24.8 Å². The van der Waals surface area contributed by atoms with Crippen LogP contribution in [0.2, 0.25) is 0 Å². The molecule has 2 atom stereocenters. The van der Waals surface area contributed by atoms with Gasteiger partial charge < -0.3 is 5.32 Å². The third-order valence-corrected chi connectivity index (χ3v) is 3.71. The molecule has 0 spiro atoms. The van der Waals surface area contributed by atoms with E-state index >= 15 is 0 Å². The number of aryl methyl sites for hydroxylation is 1. The van der Waals surface area contributed by atoms with Crippen molar-refractivity contribution in [2.75, 3.05) is 19.6 Å². The van der Waals surface area contributed by atoms with Crippen LogP contribution in [0.3, 0.4) is 0 Å². The first kappa shape index (κ1) is 15.7. The fourth-order valence-corrected chi connectivity index (χ4v) is 2.84. The molecule has 1 aromatic heterocycles. The number of fused-ring (bicyclic) bond motifs is 1. The van der Waals surface area contributed by atoms with Crippen LogP contribution in [0.1, 0.15) is 25.0 Å². The number of aromatic nitrogens is 3. The van der Waals surface area contributed by atoms with E-state index in [2.05, 4.69) is 32.3 Å². The molecule has 5 nitrogen and oxygen atoms in total. The number of H-pyrrole nitrogens is 1. The van der Waals surface area contributed by atoms with E-state index < -0.39 is 0 Å². The summed E-state index contributed by atoms with van der Waals surface area (Å²) in [5.74, 6) is 2.79. The summed E-state index contributed by atoms with van der Waals surface area (Å²) in [6.45, 7) is 6.57. The van der Waals surface area contributed by atoms with Gasteiger partial charge in [0.25, 0.3) is 0 Å². The number of nitrogens with one attached hydrogen (secondary N) is 2. The van der Waals surface area contributed by atoms with E-state index in [4.69, 9.17) is 0 Å². The summed E-state index contributed by atoms with van der Waals surface area (Å²) < 4.78 is 0. The number of hydrogen-bond acceptors (Lipinski definition) is 4. The average molecular weight is 294 g/mol. The van der Waals surface area contributed by atoms with Crippen LogP contribution in [0.25, 0.3) is 0 Å². The summed E-state index contributed by atoms with van der Waals surface area (Å²) in [5, 5.41) is 10.8. The maximum atomic E-state index is 4.46. The lowest BCUT2D eigenvalue weighted by Gasteiger charge is -2.14. The van der Waals surface area contributed by atoms with E-state index in [0.717, 1.165) is 37.1 Å². The Labute approximate surface area is 120 Å². The van der Waals surface area contributed by atoms with Crippen LogP contribution in [0.5, 0.6) is 0 Å². The summed E-state index contributed by atoms with van der Waals surface area (Å²) in [5.41, 5.74) is 0. The smallest absolute Gasteiger partial charge is 0.150 e. The molecule has 3 rings (SSSR count). The van der Waals surface area contributed by atoms with Crippen LogP contribution in [-0.4, -0.2) is 45.8 Å². The molecule has 7 heteroatoms. The maximum Gasteiger partial charge on any atom is 0.150 e. The Morgan fingerprint density at radius 1 is 1.33 bits per heavy atom. The first-order chi connectivity index (χ1) is 7.85. The first-order valence-corrected chi connectivity index (χ1v) is 6.21. The normalized spacial score (nSPS) is 26.5. The molecule has 2 fully saturated rings. The summed E-state index contributed by atoms with van der Waals surface area (Å²) in [4.78, 5) is 6.93. The van der Waals surface area contributed by atoms with E-state index in [0.29, 0.717) is 6.04 Å². The molecule has 2 N–H and O–H groups in total. The highest BCUT2D eigenvalue weighted by molar-refractivity contribution is 5.85. The molecule has 104 valence electrons. The van der Waals surface area contributed by atoms with E-state index in [1.165, 1.54) is 19.5 Å². The van der Waals surface area contributed by atoms with Crippen molar-refractivity contribution in [1.29, 1.82) is 0 Å². The molecular weight excluding hydrogens is 273 g/mol. The highest BCUT2D eigenvalue weighted by atomic mass is 35.5. The Morgan fingerprint density at radius 2 is 2.17 bits per heavy atom. The molecular formula is C11H21Cl2N5. The second kappa shape index (κ2) is 6.70. The second-order valence-corrected chi connectivity index (χ2v) is 4.86. The molecule has 2 aliphatic heterocycles. The van der Waals surface area contributed by atoms with Gasteiger partial charge in [-0.15, -0.1) is 24.8 Å². The molecule has 0 bridgehead atoms. The van der Waals surface area contributed by atoms with Gasteiger partial charge in [-0.05, 0) is 18.9 Å². The summed E-state index contributed by atoms with van der Waals surface area (Å²) in [6, 6.07) is 0.716. The van der Waals surface area contributed by atoms with Gasteiger partial charge in [-0.2, -0.15) is 5.10 Å². The maximum absolute atomic E-state index is 4.46. The van der Waals surface area contributed by atoms with Gasteiger partial charge in [0.05, 0.1) is 6.54 Å². The molecule has 18 heavy (non-hydrogen) atoms. The lowest BCUT2D eigenvalue weighted by molar-refractivity contribution is 0.299. The largest absolute Gasteiger partial charge is 0.312 e. The minimum atomic E-state index is 0. The molecule has 0 unspecified atom stereocenters. The van der Waals surface area contributed by atoms with Gasteiger partial charge in [0.2, 0.25) is 0 Å². The van der Waals surface area contributed by atoms with Crippen molar-refractivity contribution < 1.29 is 0 Å². The van der Waals surface area contributed by atoms with E-state index in [1.54, 1.807) is 0 Å². The lowest BCUT2D eigenvalue weighted by atomic mass is 10.1.